The summed E-state index contributed by atoms with van der Waals surface area (Å²) in [7, 11) is -4.45. The lowest BCUT2D eigenvalue weighted by atomic mass is 10.2. The zero-order valence-electron chi connectivity index (χ0n) is 12.4. The Morgan fingerprint density at radius 2 is 1.80 bits per heavy atom. The van der Waals surface area contributed by atoms with Gasteiger partial charge in [-0.2, -0.15) is 8.42 Å². The van der Waals surface area contributed by atoms with Crippen molar-refractivity contribution in [3.63, 3.8) is 0 Å². The van der Waals surface area contributed by atoms with Crippen molar-refractivity contribution in [2.75, 3.05) is 0 Å². The van der Waals surface area contributed by atoms with Crippen molar-refractivity contribution in [3.05, 3.63) is 54.2 Å². The highest BCUT2D eigenvalue weighted by molar-refractivity contribution is 7.87. The van der Waals surface area contributed by atoms with E-state index in [-0.39, 0.29) is 10.4 Å². The van der Waals surface area contributed by atoms with E-state index in [1.165, 1.54) is 18.3 Å². The molecule has 1 heterocycles. The molecule has 1 aromatic heterocycles. The first-order valence-corrected chi connectivity index (χ1v) is 8.28. The van der Waals surface area contributed by atoms with Crippen LogP contribution in [0.5, 0.6) is 17.2 Å². The number of hydrogen-bond acceptors (Lipinski definition) is 7. The molecule has 0 aliphatic carbocycles. The summed E-state index contributed by atoms with van der Waals surface area (Å²) in [6, 6.07) is 9.29. The summed E-state index contributed by atoms with van der Waals surface area (Å²) in [5.74, 6) is -3.84. The van der Waals surface area contributed by atoms with Crippen LogP contribution in [0.15, 0.2) is 53.6 Å². The summed E-state index contributed by atoms with van der Waals surface area (Å²) in [5, 5.41) is 28.9. The average molecular weight is 361 g/mol. The third-order valence-electron chi connectivity index (χ3n) is 3.37. The Hall–Kier alpha value is -3.33. The molecule has 0 amide bonds. The van der Waals surface area contributed by atoms with Gasteiger partial charge in [-0.25, -0.2) is 4.79 Å². The minimum Gasteiger partial charge on any atom is -0.504 e. The van der Waals surface area contributed by atoms with Gasteiger partial charge in [0.1, 0.15) is 4.90 Å². The van der Waals surface area contributed by atoms with Gasteiger partial charge >= 0.3 is 16.1 Å². The summed E-state index contributed by atoms with van der Waals surface area (Å²) in [5.41, 5.74) is -0.292. The van der Waals surface area contributed by atoms with Crippen LogP contribution in [0.4, 0.5) is 0 Å². The number of phenols is 2. The van der Waals surface area contributed by atoms with Crippen LogP contribution >= 0.6 is 0 Å². The Morgan fingerprint density at radius 1 is 1.08 bits per heavy atom. The second-order valence-corrected chi connectivity index (χ2v) is 6.53. The number of phenolic OH excluding ortho intramolecular Hbond substituents is 2. The van der Waals surface area contributed by atoms with E-state index in [0.29, 0.717) is 5.39 Å². The minimum absolute atomic E-state index is 0.156. The first kappa shape index (κ1) is 16.5. The number of carboxylic acid groups (broad SMARTS) is 1. The number of carbonyl (C=O) groups is 1. The van der Waals surface area contributed by atoms with Crippen LogP contribution in [0, 0.1) is 0 Å². The normalized spacial score (nSPS) is 11.4. The Kier molecular flexibility index (Phi) is 3.93. The number of hydrogen-bond donors (Lipinski definition) is 3. The number of pyridine rings is 1. The predicted molar refractivity (Wildman–Crippen MR) is 86.3 cm³/mol. The topological polar surface area (TPSA) is 134 Å². The highest BCUT2D eigenvalue weighted by Crippen LogP contribution is 2.38. The fourth-order valence-electron chi connectivity index (χ4n) is 2.22. The molecule has 2 aromatic carbocycles. The van der Waals surface area contributed by atoms with Crippen LogP contribution in [-0.4, -0.2) is 34.7 Å². The molecule has 0 unspecified atom stereocenters. The van der Waals surface area contributed by atoms with E-state index >= 15 is 0 Å². The minimum atomic E-state index is -4.45. The van der Waals surface area contributed by atoms with Gasteiger partial charge in [-0.15, -0.1) is 0 Å². The van der Waals surface area contributed by atoms with Crippen molar-refractivity contribution in [1.29, 1.82) is 0 Å². The van der Waals surface area contributed by atoms with Gasteiger partial charge in [-0.1, -0.05) is 18.2 Å². The maximum atomic E-state index is 12.6. The molecule has 0 fully saturated rings. The Labute approximate surface area is 141 Å². The Bertz CT molecular complexity index is 1090. The smallest absolute Gasteiger partial charge is 0.341 e. The Balaban J connectivity index is 2.12. The molecule has 0 saturated carbocycles. The molecule has 3 aromatic rings. The fraction of sp³-hybridized carbons (Fsp3) is 0. The van der Waals surface area contributed by atoms with Gasteiger partial charge in [0.05, 0.1) is 11.1 Å². The quantitative estimate of drug-likeness (QED) is 0.475. The van der Waals surface area contributed by atoms with Crippen molar-refractivity contribution in [2.45, 2.75) is 4.90 Å². The fourth-order valence-corrected chi connectivity index (χ4v) is 3.33. The van der Waals surface area contributed by atoms with Gasteiger partial charge < -0.3 is 19.5 Å². The maximum absolute atomic E-state index is 12.6. The van der Waals surface area contributed by atoms with Crippen LogP contribution in [-0.2, 0) is 10.1 Å². The van der Waals surface area contributed by atoms with Crippen molar-refractivity contribution < 1.29 is 32.7 Å². The maximum Gasteiger partial charge on any atom is 0.341 e. The first-order valence-electron chi connectivity index (χ1n) is 6.87. The highest BCUT2D eigenvalue weighted by Gasteiger charge is 2.24. The molecule has 0 aliphatic rings. The molecule has 3 N–H and O–H groups in total. The van der Waals surface area contributed by atoms with Gasteiger partial charge in [-0.05, 0) is 18.2 Å². The van der Waals surface area contributed by atoms with E-state index in [1.807, 2.05) is 0 Å². The number of rotatable bonds is 4. The van der Waals surface area contributed by atoms with Crippen molar-refractivity contribution in [2.24, 2.45) is 0 Å². The van der Waals surface area contributed by atoms with E-state index in [4.69, 9.17) is 9.29 Å². The molecule has 128 valence electrons. The molecule has 3 rings (SSSR count). The number of aromatic carboxylic acids is 1. The summed E-state index contributed by atoms with van der Waals surface area (Å²) < 4.78 is 30.0. The molecule has 0 atom stereocenters. The van der Waals surface area contributed by atoms with Gasteiger partial charge in [0.15, 0.2) is 11.5 Å². The summed E-state index contributed by atoms with van der Waals surface area (Å²) >= 11 is 0. The number of aromatic hydroxyl groups is 2. The molecule has 0 bridgehead atoms. The zero-order valence-corrected chi connectivity index (χ0v) is 13.3. The van der Waals surface area contributed by atoms with Gasteiger partial charge in [0.2, 0.25) is 5.75 Å². The SMILES string of the molecule is O=C(O)c1cc(O)c(O)c(OS(=O)(=O)c2cccc3cccnc23)c1. The molecule has 9 heteroatoms. The third-order valence-corrected chi connectivity index (χ3v) is 4.63. The summed E-state index contributed by atoms with van der Waals surface area (Å²) in [6.07, 6.45) is 1.41. The van der Waals surface area contributed by atoms with Crippen molar-refractivity contribution in [1.82, 2.24) is 4.98 Å². The Morgan fingerprint density at radius 3 is 2.52 bits per heavy atom. The second kappa shape index (κ2) is 5.95. The lowest BCUT2D eigenvalue weighted by Crippen LogP contribution is -2.11. The first-order chi connectivity index (χ1) is 11.8. The molecule has 0 radical (unpaired) electrons. The van der Waals surface area contributed by atoms with Crippen molar-refractivity contribution in [3.8, 4) is 17.2 Å². The average Bonchev–Trinajstić information content (AvgIpc) is 2.57. The van der Waals surface area contributed by atoms with Gasteiger partial charge in [0.25, 0.3) is 0 Å². The van der Waals surface area contributed by atoms with Crippen LogP contribution in [0.2, 0.25) is 0 Å². The molecule has 0 aliphatic heterocycles. The van der Waals surface area contributed by atoms with E-state index < -0.39 is 38.9 Å². The number of fused-ring (bicyclic) bond motifs is 1. The third kappa shape index (κ3) is 3.04. The molecule has 0 spiro atoms. The number of nitrogens with zero attached hydrogens (tertiary/aromatic N) is 1. The summed E-state index contributed by atoms with van der Waals surface area (Å²) in [6.45, 7) is 0. The van der Waals surface area contributed by atoms with E-state index in [2.05, 4.69) is 4.98 Å². The lowest BCUT2D eigenvalue weighted by Gasteiger charge is -2.11. The number of para-hydroxylation sites is 1. The highest BCUT2D eigenvalue weighted by atomic mass is 32.2. The van der Waals surface area contributed by atoms with E-state index in [0.717, 1.165) is 12.1 Å². The molecule has 25 heavy (non-hydrogen) atoms. The van der Waals surface area contributed by atoms with Crippen LogP contribution in [0.1, 0.15) is 10.4 Å². The monoisotopic (exact) mass is 361 g/mol. The molecule has 0 saturated heterocycles. The lowest BCUT2D eigenvalue weighted by molar-refractivity contribution is 0.0696. The van der Waals surface area contributed by atoms with Gasteiger partial charge in [0, 0.05) is 17.6 Å². The van der Waals surface area contributed by atoms with Crippen LogP contribution in [0.25, 0.3) is 10.9 Å². The predicted octanol–water partition coefficient (Wildman–Crippen LogP) is 2.11. The number of benzene rings is 2. The summed E-state index contributed by atoms with van der Waals surface area (Å²) in [4.78, 5) is 14.8. The van der Waals surface area contributed by atoms with Crippen LogP contribution < -0.4 is 4.18 Å². The van der Waals surface area contributed by atoms with Crippen molar-refractivity contribution >= 4 is 27.0 Å². The molecule has 8 nitrogen and oxygen atoms in total. The van der Waals surface area contributed by atoms with Crippen LogP contribution in [0.3, 0.4) is 0 Å². The second-order valence-electron chi connectivity index (χ2n) is 5.02. The van der Waals surface area contributed by atoms with E-state index in [1.54, 1.807) is 18.2 Å². The standard InChI is InChI=1S/C16H11NO7S/c18-11-7-10(16(20)21)8-12(15(11)19)24-25(22,23)13-5-1-3-9-4-2-6-17-14(9)13/h1-8,18-19H,(H,20,21). The molecular formula is C16H11NO7S. The van der Waals surface area contributed by atoms with Gasteiger partial charge in [-0.3, -0.25) is 4.98 Å². The zero-order chi connectivity index (χ0) is 18.2. The largest absolute Gasteiger partial charge is 0.504 e. The van der Waals surface area contributed by atoms with E-state index in [9.17, 15) is 23.4 Å². The number of carboxylic acids is 1. The number of aromatic nitrogens is 1. The molecular weight excluding hydrogens is 350 g/mol.